The van der Waals surface area contributed by atoms with Gasteiger partial charge >= 0.3 is 0 Å². The van der Waals surface area contributed by atoms with E-state index in [-0.39, 0.29) is 6.61 Å². The number of benzene rings is 2. The Morgan fingerprint density at radius 3 is 2.29 bits per heavy atom. The number of aromatic nitrogens is 5. The average Bonchev–Trinajstić information content (AvgIpc) is 3.52. The lowest BCUT2D eigenvalue weighted by molar-refractivity contribution is 0.130. The summed E-state index contributed by atoms with van der Waals surface area (Å²) in [5, 5.41) is 26.6. The standard InChI is InChI=1S/C27H26N5O2Si/c1-27(34,35)26-28-12-13-32(26)24(16-33)11-4-19-2-5-20(6-3-19)21-7-9-22(10-8-21)23-14-25(15-23)31-17-29-30-18-31/h2-3,5-10,12-13,17-18,23-25,33-34H,14-16H2,1H3/t23?,24-,25?,27-/m0/s1. The highest BCUT2D eigenvalue weighted by molar-refractivity contribution is 6.13. The van der Waals surface area contributed by atoms with Crippen LogP contribution in [0.25, 0.3) is 11.1 Å². The van der Waals surface area contributed by atoms with Crippen LogP contribution in [0.1, 0.15) is 54.7 Å². The van der Waals surface area contributed by atoms with E-state index < -0.39 is 11.3 Å². The average molecular weight is 481 g/mol. The molecule has 1 fully saturated rings. The maximum atomic E-state index is 10.2. The summed E-state index contributed by atoms with van der Waals surface area (Å²) >= 11 is 0. The number of aliphatic hydroxyl groups excluding tert-OH is 1. The normalized spacial score (nSPS) is 19.8. The molecule has 0 bridgehead atoms. The Hall–Kier alpha value is -3.51. The van der Waals surface area contributed by atoms with Crippen LogP contribution in [0, 0.1) is 11.8 Å². The molecule has 3 radical (unpaired) electrons. The molecule has 8 heteroatoms. The molecule has 7 nitrogen and oxygen atoms in total. The molecule has 2 aromatic carbocycles. The van der Waals surface area contributed by atoms with Crippen LogP contribution in [-0.4, -0.2) is 51.4 Å². The second-order valence-electron chi connectivity index (χ2n) is 9.13. The lowest BCUT2D eigenvalue weighted by atomic mass is 9.75. The minimum absolute atomic E-state index is 0.190. The number of aliphatic hydroxyl groups is 2. The summed E-state index contributed by atoms with van der Waals surface area (Å²) in [6.45, 7) is 1.39. The molecule has 35 heavy (non-hydrogen) atoms. The fourth-order valence-corrected chi connectivity index (χ4v) is 4.70. The Balaban J connectivity index is 1.24. The lowest BCUT2D eigenvalue weighted by Gasteiger charge is -2.36. The van der Waals surface area contributed by atoms with Crippen LogP contribution in [0.4, 0.5) is 0 Å². The summed E-state index contributed by atoms with van der Waals surface area (Å²) < 4.78 is 3.77. The molecule has 1 saturated carbocycles. The van der Waals surface area contributed by atoms with Crippen molar-refractivity contribution in [3.8, 4) is 23.0 Å². The van der Waals surface area contributed by atoms with Crippen molar-refractivity contribution in [2.75, 3.05) is 6.61 Å². The van der Waals surface area contributed by atoms with E-state index in [0.717, 1.165) is 24.0 Å². The largest absolute Gasteiger partial charge is 0.393 e. The van der Waals surface area contributed by atoms with Crippen LogP contribution in [0.5, 0.6) is 0 Å². The molecule has 0 saturated heterocycles. The van der Waals surface area contributed by atoms with Gasteiger partial charge in [-0.15, -0.1) is 10.2 Å². The highest BCUT2D eigenvalue weighted by atomic mass is 28.1. The van der Waals surface area contributed by atoms with Gasteiger partial charge < -0.3 is 19.3 Å². The third-order valence-electron chi connectivity index (χ3n) is 6.57. The number of nitrogens with zero attached hydrogens (tertiary/aromatic N) is 5. The van der Waals surface area contributed by atoms with E-state index in [1.54, 1.807) is 36.5 Å². The molecule has 1 aliphatic rings. The number of hydrogen-bond acceptors (Lipinski definition) is 5. The molecule has 5 rings (SSSR count). The molecule has 2 aromatic heterocycles. The van der Waals surface area contributed by atoms with Gasteiger partial charge in [0.2, 0.25) is 0 Å². The number of rotatable bonds is 6. The van der Waals surface area contributed by atoms with E-state index in [0.29, 0.717) is 17.8 Å². The van der Waals surface area contributed by atoms with Gasteiger partial charge in [0.1, 0.15) is 29.7 Å². The van der Waals surface area contributed by atoms with Gasteiger partial charge in [0.05, 0.1) is 16.8 Å². The summed E-state index contributed by atoms with van der Waals surface area (Å²) in [6, 6.07) is 16.9. The predicted octanol–water partition coefficient (Wildman–Crippen LogP) is 3.18. The zero-order chi connectivity index (χ0) is 24.4. The molecule has 0 amide bonds. The lowest BCUT2D eigenvalue weighted by Crippen LogP contribution is -2.28. The van der Waals surface area contributed by atoms with Crippen LogP contribution in [0.3, 0.4) is 0 Å². The van der Waals surface area contributed by atoms with Crippen molar-refractivity contribution < 1.29 is 10.2 Å². The maximum Gasteiger partial charge on any atom is 0.137 e. The Morgan fingerprint density at radius 2 is 1.69 bits per heavy atom. The maximum absolute atomic E-state index is 10.2. The number of hydrogen-bond donors (Lipinski definition) is 2. The van der Waals surface area contributed by atoms with Crippen LogP contribution in [0.2, 0.25) is 0 Å². The van der Waals surface area contributed by atoms with Crippen LogP contribution < -0.4 is 0 Å². The van der Waals surface area contributed by atoms with Crippen molar-refractivity contribution in [3.63, 3.8) is 0 Å². The minimum Gasteiger partial charge on any atom is -0.393 e. The Kier molecular flexibility index (Phi) is 6.39. The molecule has 175 valence electrons. The third kappa shape index (κ3) is 4.98. The van der Waals surface area contributed by atoms with Crippen molar-refractivity contribution in [2.24, 2.45) is 0 Å². The van der Waals surface area contributed by atoms with E-state index in [9.17, 15) is 10.2 Å². The third-order valence-corrected chi connectivity index (χ3v) is 6.79. The van der Waals surface area contributed by atoms with Crippen LogP contribution >= 0.6 is 0 Å². The first-order chi connectivity index (χ1) is 16.9. The summed E-state index contributed by atoms with van der Waals surface area (Å²) in [5.74, 6) is 7.18. The van der Waals surface area contributed by atoms with Gasteiger partial charge in [-0.1, -0.05) is 48.2 Å². The van der Waals surface area contributed by atoms with Crippen LogP contribution in [0.15, 0.2) is 73.6 Å². The first-order valence-corrected chi connectivity index (χ1v) is 12.1. The molecule has 0 aliphatic heterocycles. The van der Waals surface area contributed by atoms with Gasteiger partial charge in [0, 0.05) is 24.0 Å². The molecular formula is C27H26N5O2Si. The highest BCUT2D eigenvalue weighted by Crippen LogP contribution is 2.44. The summed E-state index contributed by atoms with van der Waals surface area (Å²) in [4.78, 5) is 4.18. The summed E-state index contributed by atoms with van der Waals surface area (Å²) in [7, 11) is 3.26. The molecule has 0 unspecified atom stereocenters. The summed E-state index contributed by atoms with van der Waals surface area (Å²) in [6.07, 6.45) is 9.11. The van der Waals surface area contributed by atoms with E-state index in [1.807, 2.05) is 12.1 Å². The first-order valence-electron chi connectivity index (χ1n) is 11.6. The quantitative estimate of drug-likeness (QED) is 0.327. The summed E-state index contributed by atoms with van der Waals surface area (Å²) in [5.41, 5.74) is 4.52. The van der Waals surface area contributed by atoms with Crippen molar-refractivity contribution in [1.29, 1.82) is 0 Å². The smallest absolute Gasteiger partial charge is 0.137 e. The van der Waals surface area contributed by atoms with Crippen molar-refractivity contribution >= 4 is 10.2 Å². The minimum atomic E-state index is -1.31. The van der Waals surface area contributed by atoms with Crippen molar-refractivity contribution in [3.05, 3.63) is 90.5 Å². The molecule has 0 spiro atoms. The second kappa shape index (κ2) is 9.62. The molecule has 1 aliphatic carbocycles. The van der Waals surface area contributed by atoms with Gasteiger partial charge in [-0.2, -0.15) is 0 Å². The van der Waals surface area contributed by atoms with Gasteiger partial charge in [-0.05, 0) is 54.5 Å². The molecule has 2 atom stereocenters. The Labute approximate surface area is 207 Å². The van der Waals surface area contributed by atoms with E-state index in [1.165, 1.54) is 11.1 Å². The van der Waals surface area contributed by atoms with Crippen molar-refractivity contribution in [1.82, 2.24) is 24.3 Å². The molecule has 2 N–H and O–H groups in total. The zero-order valence-electron chi connectivity index (χ0n) is 19.4. The monoisotopic (exact) mass is 480 g/mol. The SMILES string of the molecule is C[C@](O)([Si])c1nccn1[C@@H](C#Cc1ccc(-c2ccc(C3CC(n4cnnc4)C3)cc2)cc1)CO. The zero-order valence-corrected chi connectivity index (χ0v) is 20.4. The molecular weight excluding hydrogens is 454 g/mol. The predicted molar refractivity (Wildman–Crippen MR) is 133 cm³/mol. The second-order valence-corrected chi connectivity index (χ2v) is 10.1. The van der Waals surface area contributed by atoms with Crippen LogP contribution in [-0.2, 0) is 5.22 Å². The fourth-order valence-electron chi connectivity index (χ4n) is 4.51. The van der Waals surface area contributed by atoms with Crippen molar-refractivity contribution in [2.45, 2.75) is 43.0 Å². The van der Waals surface area contributed by atoms with E-state index in [2.05, 4.69) is 78.2 Å². The van der Waals surface area contributed by atoms with Gasteiger partial charge in [0.25, 0.3) is 0 Å². The fraction of sp³-hybridized carbons (Fsp3) is 0.296. The Morgan fingerprint density at radius 1 is 1.06 bits per heavy atom. The highest BCUT2D eigenvalue weighted by Gasteiger charge is 2.31. The van der Waals surface area contributed by atoms with Gasteiger partial charge in [0.15, 0.2) is 0 Å². The van der Waals surface area contributed by atoms with Gasteiger partial charge in [-0.25, -0.2) is 4.98 Å². The van der Waals surface area contributed by atoms with E-state index in [4.69, 9.17) is 0 Å². The van der Waals surface area contributed by atoms with E-state index >= 15 is 0 Å². The molecule has 4 aromatic rings. The number of imidazole rings is 1. The topological polar surface area (TPSA) is 89.0 Å². The Bertz CT molecular complexity index is 1320. The molecule has 2 heterocycles. The first kappa shape index (κ1) is 23.2. The van der Waals surface area contributed by atoms with Gasteiger partial charge in [-0.3, -0.25) is 0 Å².